The average molecular weight is 238 g/mol. The highest BCUT2D eigenvalue weighted by atomic mass is 16.6. The molecule has 1 saturated heterocycles. The van der Waals surface area contributed by atoms with Crippen LogP contribution in [0.5, 0.6) is 0 Å². The van der Waals surface area contributed by atoms with Crippen molar-refractivity contribution in [1.82, 2.24) is 0 Å². The quantitative estimate of drug-likeness (QED) is 0.710. The molecule has 0 spiro atoms. The van der Waals surface area contributed by atoms with Gasteiger partial charge in [-0.1, -0.05) is 13.8 Å². The van der Waals surface area contributed by atoms with Gasteiger partial charge < -0.3 is 9.53 Å². The van der Waals surface area contributed by atoms with Crippen LogP contribution in [-0.2, 0) is 14.3 Å². The monoisotopic (exact) mass is 238 g/mol. The van der Waals surface area contributed by atoms with Gasteiger partial charge in [0.25, 0.3) is 0 Å². The van der Waals surface area contributed by atoms with Crippen molar-refractivity contribution in [2.24, 2.45) is 23.7 Å². The van der Waals surface area contributed by atoms with E-state index in [0.29, 0.717) is 24.2 Å². The van der Waals surface area contributed by atoms with Gasteiger partial charge in [0.05, 0.1) is 5.92 Å². The molecule has 2 fully saturated rings. The summed E-state index contributed by atoms with van der Waals surface area (Å²) >= 11 is 0. The Hall–Kier alpha value is -0.860. The summed E-state index contributed by atoms with van der Waals surface area (Å²) in [7, 11) is 0. The molecular formula is C14H22O3. The summed E-state index contributed by atoms with van der Waals surface area (Å²) in [4.78, 5) is 22.7. The molecular weight excluding hydrogens is 216 g/mol. The maximum Gasteiger partial charge on any atom is 0.309 e. The molecule has 17 heavy (non-hydrogen) atoms. The van der Waals surface area contributed by atoms with Crippen LogP contribution in [-0.4, -0.2) is 17.9 Å². The first kappa shape index (κ1) is 12.6. The lowest BCUT2D eigenvalue weighted by molar-refractivity contribution is -0.146. The highest BCUT2D eigenvalue weighted by molar-refractivity contribution is 5.76. The fourth-order valence-corrected chi connectivity index (χ4v) is 3.42. The van der Waals surface area contributed by atoms with E-state index in [1.54, 1.807) is 6.92 Å². The molecule has 5 atom stereocenters. The van der Waals surface area contributed by atoms with Crippen LogP contribution >= 0.6 is 0 Å². The van der Waals surface area contributed by atoms with Crippen molar-refractivity contribution in [1.29, 1.82) is 0 Å². The third-order valence-corrected chi connectivity index (χ3v) is 4.63. The number of rotatable bonds is 3. The number of Topliss-reactive ketones (excluding diaryl/α,β-unsaturated/α-hetero) is 1. The number of ketones is 1. The van der Waals surface area contributed by atoms with E-state index in [4.69, 9.17) is 4.74 Å². The molecule has 0 aromatic carbocycles. The molecule has 0 radical (unpaired) electrons. The van der Waals surface area contributed by atoms with E-state index in [-0.39, 0.29) is 23.8 Å². The predicted octanol–water partition coefficient (Wildman–Crippen LogP) is 2.58. The van der Waals surface area contributed by atoms with Crippen LogP contribution in [0.4, 0.5) is 0 Å². The van der Waals surface area contributed by atoms with Gasteiger partial charge in [-0.05, 0) is 38.0 Å². The van der Waals surface area contributed by atoms with Crippen molar-refractivity contribution < 1.29 is 14.3 Å². The van der Waals surface area contributed by atoms with Crippen LogP contribution in [0.25, 0.3) is 0 Å². The molecule has 0 aromatic heterocycles. The van der Waals surface area contributed by atoms with Crippen molar-refractivity contribution in [2.75, 3.05) is 0 Å². The number of carbonyl (C=O) groups is 2. The number of ether oxygens (including phenoxy) is 1. The number of fused-ring (bicyclic) bond motifs is 1. The second-order valence-electron chi connectivity index (χ2n) is 5.81. The van der Waals surface area contributed by atoms with E-state index in [2.05, 4.69) is 6.92 Å². The maximum absolute atomic E-state index is 11.6. The minimum absolute atomic E-state index is 0.0399. The lowest BCUT2D eigenvalue weighted by Gasteiger charge is -2.37. The molecule has 1 aliphatic heterocycles. The van der Waals surface area contributed by atoms with Crippen LogP contribution < -0.4 is 0 Å². The number of hydrogen-bond acceptors (Lipinski definition) is 3. The molecule has 0 N–H and O–H groups in total. The summed E-state index contributed by atoms with van der Waals surface area (Å²) in [5, 5.41) is 0. The van der Waals surface area contributed by atoms with Gasteiger partial charge in [0.1, 0.15) is 11.9 Å². The van der Waals surface area contributed by atoms with Gasteiger partial charge in [-0.25, -0.2) is 0 Å². The minimum Gasteiger partial charge on any atom is -0.462 e. The SMILES string of the molecule is CC(=O)CC[C@@H]1[C@@H]2OC(=O)[C@H](C)[C@@H]2CC[C@H]1C. The number of carbonyl (C=O) groups excluding carboxylic acids is 2. The molecule has 2 aliphatic rings. The Morgan fingerprint density at radius 2 is 2.06 bits per heavy atom. The van der Waals surface area contributed by atoms with Crippen LogP contribution in [0.2, 0.25) is 0 Å². The summed E-state index contributed by atoms with van der Waals surface area (Å²) < 4.78 is 5.54. The fourth-order valence-electron chi connectivity index (χ4n) is 3.42. The summed E-state index contributed by atoms with van der Waals surface area (Å²) in [5.41, 5.74) is 0. The van der Waals surface area contributed by atoms with Gasteiger partial charge in [0, 0.05) is 12.3 Å². The third-order valence-electron chi connectivity index (χ3n) is 4.63. The van der Waals surface area contributed by atoms with Crippen LogP contribution in [0.1, 0.15) is 46.5 Å². The molecule has 96 valence electrons. The molecule has 3 heteroatoms. The maximum atomic E-state index is 11.6. The summed E-state index contributed by atoms with van der Waals surface area (Å²) in [6.45, 7) is 5.83. The van der Waals surface area contributed by atoms with Crippen LogP contribution in [0, 0.1) is 23.7 Å². The van der Waals surface area contributed by atoms with Gasteiger partial charge in [0.15, 0.2) is 0 Å². The molecule has 3 nitrogen and oxygen atoms in total. The Labute approximate surface area is 103 Å². The first-order chi connectivity index (χ1) is 8.00. The normalized spacial score (nSPS) is 40.9. The van der Waals surface area contributed by atoms with Crippen LogP contribution in [0.15, 0.2) is 0 Å². The summed E-state index contributed by atoms with van der Waals surface area (Å²) in [5.74, 6) is 1.57. The molecule has 1 heterocycles. The molecule has 2 rings (SSSR count). The van der Waals surface area contributed by atoms with E-state index in [1.165, 1.54) is 0 Å². The van der Waals surface area contributed by atoms with Gasteiger partial charge in [-0.2, -0.15) is 0 Å². The molecule has 0 unspecified atom stereocenters. The summed E-state index contributed by atoms with van der Waals surface area (Å²) in [6.07, 6.45) is 3.81. The zero-order valence-corrected chi connectivity index (χ0v) is 10.9. The zero-order chi connectivity index (χ0) is 12.6. The average Bonchev–Trinajstić information content (AvgIpc) is 2.54. The fraction of sp³-hybridized carbons (Fsp3) is 0.857. The Morgan fingerprint density at radius 1 is 1.35 bits per heavy atom. The molecule has 1 aliphatic carbocycles. The van der Waals surface area contributed by atoms with Gasteiger partial charge >= 0.3 is 5.97 Å². The molecule has 1 saturated carbocycles. The van der Waals surface area contributed by atoms with Crippen molar-refractivity contribution in [2.45, 2.75) is 52.6 Å². The largest absolute Gasteiger partial charge is 0.462 e. The second-order valence-corrected chi connectivity index (χ2v) is 5.81. The highest BCUT2D eigenvalue weighted by Crippen LogP contribution is 2.45. The first-order valence-corrected chi connectivity index (χ1v) is 6.70. The Morgan fingerprint density at radius 3 is 2.71 bits per heavy atom. The van der Waals surface area contributed by atoms with Crippen molar-refractivity contribution in [3.8, 4) is 0 Å². The van der Waals surface area contributed by atoms with E-state index in [0.717, 1.165) is 19.3 Å². The number of esters is 1. The van der Waals surface area contributed by atoms with Gasteiger partial charge in [-0.3, -0.25) is 4.79 Å². The van der Waals surface area contributed by atoms with E-state index in [1.807, 2.05) is 6.92 Å². The van der Waals surface area contributed by atoms with Crippen LogP contribution in [0.3, 0.4) is 0 Å². The minimum atomic E-state index is -0.0399. The van der Waals surface area contributed by atoms with Gasteiger partial charge in [-0.15, -0.1) is 0 Å². The zero-order valence-electron chi connectivity index (χ0n) is 10.9. The van der Waals surface area contributed by atoms with Gasteiger partial charge in [0.2, 0.25) is 0 Å². The van der Waals surface area contributed by atoms with E-state index in [9.17, 15) is 9.59 Å². The van der Waals surface area contributed by atoms with Crippen molar-refractivity contribution in [3.63, 3.8) is 0 Å². The van der Waals surface area contributed by atoms with E-state index >= 15 is 0 Å². The standard InChI is InChI=1S/C14H22O3/c1-8-4-6-12-10(3)14(16)17-13(12)11(8)7-5-9(2)15/h8,10-13H,4-7H2,1-3H3/t8-,10-,11+,12+,13+/m1/s1. The smallest absolute Gasteiger partial charge is 0.309 e. The lowest BCUT2D eigenvalue weighted by atomic mass is 9.68. The lowest BCUT2D eigenvalue weighted by Crippen LogP contribution is -2.37. The van der Waals surface area contributed by atoms with E-state index < -0.39 is 0 Å². The molecule has 0 amide bonds. The summed E-state index contributed by atoms with van der Waals surface area (Å²) in [6, 6.07) is 0. The topological polar surface area (TPSA) is 43.4 Å². The second kappa shape index (κ2) is 4.79. The highest BCUT2D eigenvalue weighted by Gasteiger charge is 2.49. The predicted molar refractivity (Wildman–Crippen MR) is 64.3 cm³/mol. The number of hydrogen-bond donors (Lipinski definition) is 0. The molecule has 0 bridgehead atoms. The third kappa shape index (κ3) is 2.38. The Bertz CT molecular complexity index is 323. The van der Waals surface area contributed by atoms with Crippen molar-refractivity contribution in [3.05, 3.63) is 0 Å². The molecule has 0 aromatic rings. The first-order valence-electron chi connectivity index (χ1n) is 6.70. The Balaban J connectivity index is 2.07. The Kier molecular flexibility index (Phi) is 3.55. The van der Waals surface area contributed by atoms with Crippen molar-refractivity contribution >= 4 is 11.8 Å².